The number of benzene rings is 1. The fourth-order valence-corrected chi connectivity index (χ4v) is 10.6. The molecule has 11 unspecified atom stereocenters. The van der Waals surface area contributed by atoms with Gasteiger partial charge >= 0.3 is 0 Å². The van der Waals surface area contributed by atoms with Gasteiger partial charge in [-0.25, -0.2) is 0 Å². The summed E-state index contributed by atoms with van der Waals surface area (Å²) in [5.74, 6) is 1.63. The van der Waals surface area contributed by atoms with E-state index in [0.29, 0.717) is 17.8 Å². The first kappa shape index (κ1) is 23.7. The molecule has 3 fully saturated rings. The number of ketones is 1. The highest BCUT2D eigenvalue weighted by molar-refractivity contribution is 6.12. The molecule has 11 atom stereocenters. The lowest BCUT2D eigenvalue weighted by Crippen LogP contribution is -2.55. The van der Waals surface area contributed by atoms with Crippen LogP contribution in [0, 0.1) is 51.8 Å². The van der Waals surface area contributed by atoms with E-state index < -0.39 is 16.6 Å². The molecule has 4 aliphatic carbocycles. The molecule has 1 saturated heterocycles. The highest BCUT2D eigenvalue weighted by Crippen LogP contribution is 2.69. The van der Waals surface area contributed by atoms with Gasteiger partial charge in [-0.15, -0.1) is 0 Å². The Kier molecular flexibility index (Phi) is 4.59. The Bertz CT molecular complexity index is 1270. The van der Waals surface area contributed by atoms with E-state index in [9.17, 15) is 14.7 Å². The number of rotatable bonds is 0. The summed E-state index contributed by atoms with van der Waals surface area (Å²) in [4.78, 5) is 28.4. The van der Waals surface area contributed by atoms with Crippen molar-refractivity contribution in [2.75, 3.05) is 0 Å². The van der Waals surface area contributed by atoms with Gasteiger partial charge in [0.15, 0.2) is 5.78 Å². The van der Waals surface area contributed by atoms with Crippen molar-refractivity contribution in [3.63, 3.8) is 0 Å². The molecule has 1 aromatic carbocycles. The molecule has 3 heterocycles. The Labute approximate surface area is 219 Å². The van der Waals surface area contributed by atoms with Gasteiger partial charge in [0.2, 0.25) is 5.91 Å². The van der Waals surface area contributed by atoms with Gasteiger partial charge in [-0.05, 0) is 60.6 Å². The van der Waals surface area contributed by atoms with Gasteiger partial charge in [-0.2, -0.15) is 0 Å². The fourth-order valence-electron chi connectivity index (χ4n) is 10.6. The van der Waals surface area contributed by atoms with Crippen LogP contribution in [0.5, 0.6) is 5.75 Å². The molecule has 196 valence electrons. The normalized spacial score (nSPS) is 51.3. The molecule has 0 radical (unpaired) electrons. The van der Waals surface area contributed by atoms with Crippen molar-refractivity contribution < 1.29 is 19.4 Å². The number of ether oxygens (including phenoxy) is 1. The predicted octanol–water partition coefficient (Wildman–Crippen LogP) is 4.84. The third-order valence-corrected chi connectivity index (χ3v) is 11.3. The Morgan fingerprint density at radius 2 is 1.78 bits per heavy atom. The molecule has 1 amide bonds. The van der Waals surface area contributed by atoms with E-state index in [2.05, 4.69) is 52.1 Å². The average molecular weight is 502 g/mol. The second-order valence-electron chi connectivity index (χ2n) is 14.1. The average Bonchev–Trinajstić information content (AvgIpc) is 3.20. The number of aliphatic hydroxyl groups is 1. The topological polar surface area (TPSA) is 75.6 Å². The molecule has 8 rings (SSSR count). The van der Waals surface area contributed by atoms with Crippen LogP contribution in [-0.4, -0.2) is 28.6 Å². The number of Topliss-reactive ketones (excluding diaryl/α,β-unsaturated/α-hetero) is 1. The Morgan fingerprint density at radius 1 is 1.05 bits per heavy atom. The molecule has 2 N–H and O–H groups in total. The minimum atomic E-state index is -1.46. The number of hydrogen-bond donors (Lipinski definition) is 2. The van der Waals surface area contributed by atoms with E-state index >= 15 is 0 Å². The van der Waals surface area contributed by atoms with Crippen molar-refractivity contribution in [3.05, 3.63) is 53.6 Å². The number of carbonyl (C=O) groups excluding carboxylic acids is 2. The molecule has 2 saturated carbocycles. The summed E-state index contributed by atoms with van der Waals surface area (Å²) in [5.41, 5.74) is -1.01. The first-order chi connectivity index (χ1) is 17.4. The lowest BCUT2D eigenvalue weighted by Gasteiger charge is -2.52. The van der Waals surface area contributed by atoms with E-state index in [-0.39, 0.29) is 53.8 Å². The van der Waals surface area contributed by atoms with Gasteiger partial charge < -0.3 is 15.2 Å². The highest BCUT2D eigenvalue weighted by atomic mass is 16.5. The van der Waals surface area contributed by atoms with Crippen molar-refractivity contribution in [1.82, 2.24) is 5.32 Å². The maximum absolute atomic E-state index is 14.8. The molecule has 0 aromatic heterocycles. The number of hydrogen-bond acceptors (Lipinski definition) is 4. The minimum Gasteiger partial charge on any atom is -0.490 e. The minimum absolute atomic E-state index is 0.0125. The van der Waals surface area contributed by atoms with Gasteiger partial charge in [-0.1, -0.05) is 63.6 Å². The highest BCUT2D eigenvalue weighted by Gasteiger charge is 2.71. The molecule has 3 aliphatic heterocycles. The third-order valence-electron chi connectivity index (χ3n) is 11.3. The van der Waals surface area contributed by atoms with Crippen molar-refractivity contribution in [1.29, 1.82) is 0 Å². The van der Waals surface area contributed by atoms with Crippen LogP contribution in [-0.2, 0) is 16.0 Å². The van der Waals surface area contributed by atoms with Crippen LogP contribution in [0.15, 0.2) is 48.1 Å². The van der Waals surface area contributed by atoms with E-state index in [1.165, 1.54) is 5.57 Å². The summed E-state index contributed by atoms with van der Waals surface area (Å²) in [6, 6.07) is 7.97. The second-order valence-corrected chi connectivity index (χ2v) is 14.1. The fraction of sp³-hybridized carbons (Fsp3) is 0.625. The molecule has 1 spiro atoms. The summed E-state index contributed by atoms with van der Waals surface area (Å²) in [7, 11) is 0. The SMILES string of the molecule is CC1=CC2(C)C=CC34CC(O)(Cc5ccc(cc5)OC5C(C2C3=O)C1C1(C)CC(C)CC(C)C51)NC4=O. The summed E-state index contributed by atoms with van der Waals surface area (Å²) < 4.78 is 6.99. The van der Waals surface area contributed by atoms with E-state index in [0.717, 1.165) is 24.2 Å². The number of fused-ring (bicyclic) bond motifs is 4. The largest absolute Gasteiger partial charge is 0.490 e. The Balaban J connectivity index is 1.49. The standard InChI is InChI=1S/C32H39NO4/c1-17-12-18(2)24-26-22-23(30(24,5)13-17)19(3)14-29(4)10-11-31(27(34)25(22)29)16-32(36,33-28(31)35)15-20-6-8-21(37-26)9-7-20/h6-11,14,17-18,22-26,36H,12-13,15-16H2,1-5H3,(H,33,35). The zero-order valence-electron chi connectivity index (χ0n) is 22.6. The van der Waals surface area contributed by atoms with Gasteiger partial charge in [0, 0.05) is 36.0 Å². The summed E-state index contributed by atoms with van der Waals surface area (Å²) in [6.07, 6.45) is 8.73. The smallest absolute Gasteiger partial charge is 0.239 e. The summed E-state index contributed by atoms with van der Waals surface area (Å²) >= 11 is 0. The van der Waals surface area contributed by atoms with E-state index in [4.69, 9.17) is 4.74 Å². The zero-order chi connectivity index (χ0) is 26.1. The zero-order valence-corrected chi connectivity index (χ0v) is 22.6. The quantitative estimate of drug-likeness (QED) is 0.394. The summed E-state index contributed by atoms with van der Waals surface area (Å²) in [5, 5.41) is 14.4. The molecule has 5 bridgehead atoms. The van der Waals surface area contributed by atoms with Crippen LogP contribution in [0.25, 0.3) is 0 Å². The molecule has 7 aliphatic rings. The maximum Gasteiger partial charge on any atom is 0.239 e. The van der Waals surface area contributed by atoms with Gasteiger partial charge in [0.25, 0.3) is 0 Å². The van der Waals surface area contributed by atoms with Crippen molar-refractivity contribution in [2.45, 2.75) is 72.1 Å². The predicted molar refractivity (Wildman–Crippen MR) is 140 cm³/mol. The van der Waals surface area contributed by atoms with Gasteiger partial charge in [0.05, 0.1) is 0 Å². The molecule has 37 heavy (non-hydrogen) atoms. The number of amides is 1. The third kappa shape index (κ3) is 2.95. The van der Waals surface area contributed by atoms with Crippen molar-refractivity contribution in [3.8, 4) is 5.75 Å². The first-order valence-corrected chi connectivity index (χ1v) is 14.1. The van der Waals surface area contributed by atoms with Crippen LogP contribution >= 0.6 is 0 Å². The van der Waals surface area contributed by atoms with Gasteiger partial charge in [0.1, 0.15) is 23.0 Å². The van der Waals surface area contributed by atoms with Crippen LogP contribution in [0.2, 0.25) is 0 Å². The van der Waals surface area contributed by atoms with Crippen molar-refractivity contribution in [2.24, 2.45) is 51.8 Å². The molecular weight excluding hydrogens is 462 g/mol. The van der Waals surface area contributed by atoms with Crippen LogP contribution in [0.3, 0.4) is 0 Å². The van der Waals surface area contributed by atoms with E-state index in [1.807, 2.05) is 30.3 Å². The molecule has 5 nitrogen and oxygen atoms in total. The Morgan fingerprint density at radius 3 is 2.51 bits per heavy atom. The lowest BCUT2D eigenvalue weighted by molar-refractivity contribution is -0.145. The van der Waals surface area contributed by atoms with Crippen LogP contribution in [0.4, 0.5) is 0 Å². The maximum atomic E-state index is 14.8. The number of nitrogens with one attached hydrogen (secondary N) is 1. The monoisotopic (exact) mass is 501 g/mol. The molecular formula is C32H39NO4. The molecule has 5 heteroatoms. The van der Waals surface area contributed by atoms with Crippen LogP contribution < -0.4 is 10.1 Å². The lowest BCUT2D eigenvalue weighted by atomic mass is 9.50. The van der Waals surface area contributed by atoms with Gasteiger partial charge in [-0.3, -0.25) is 9.59 Å². The van der Waals surface area contributed by atoms with Crippen molar-refractivity contribution >= 4 is 11.7 Å². The number of carbonyl (C=O) groups is 2. The van der Waals surface area contributed by atoms with Crippen LogP contribution in [0.1, 0.15) is 59.4 Å². The van der Waals surface area contributed by atoms with E-state index in [1.54, 1.807) is 0 Å². The first-order valence-electron chi connectivity index (χ1n) is 14.1. The molecule has 1 aromatic rings. The second kappa shape index (κ2) is 7.16. The summed E-state index contributed by atoms with van der Waals surface area (Å²) in [6.45, 7) is 11.6. The number of allylic oxidation sites excluding steroid dienone is 3. The Hall–Kier alpha value is -2.40.